The van der Waals surface area contributed by atoms with Crippen LogP contribution in [0.25, 0.3) is 11.5 Å². The molecule has 0 bridgehead atoms. The predicted molar refractivity (Wildman–Crippen MR) is 63.5 cm³/mol. The Morgan fingerprint density at radius 3 is 3.12 bits per heavy atom. The molecule has 17 heavy (non-hydrogen) atoms. The van der Waals surface area contributed by atoms with Crippen molar-refractivity contribution in [2.24, 2.45) is 0 Å². The first kappa shape index (κ1) is 10.5. The van der Waals surface area contributed by atoms with Crippen molar-refractivity contribution in [3.63, 3.8) is 0 Å². The van der Waals surface area contributed by atoms with E-state index >= 15 is 0 Å². The third kappa shape index (κ3) is 1.84. The van der Waals surface area contributed by atoms with Crippen LogP contribution < -0.4 is 5.32 Å². The van der Waals surface area contributed by atoms with Gasteiger partial charge in [0.15, 0.2) is 5.82 Å². The minimum Gasteiger partial charge on any atom is -0.315 e. The van der Waals surface area contributed by atoms with Crippen molar-refractivity contribution in [1.82, 2.24) is 29.9 Å². The molecule has 90 valence electrons. The highest BCUT2D eigenvalue weighted by Crippen LogP contribution is 2.17. The number of nitrogens with one attached hydrogen (secondary N) is 1. The minimum absolute atomic E-state index is 0.878. The number of aromatic nitrogens is 5. The molecule has 0 saturated carbocycles. The van der Waals surface area contributed by atoms with E-state index in [1.165, 1.54) is 0 Å². The molecule has 0 aliphatic carbocycles. The standard InChI is InChI=1S/C11H16N6/c1-2-16-7-4-9(15-16)11-14-13-10-3-5-12-6-8-17(10)11/h4,7,12H,2-3,5-6,8H2,1H3. The Morgan fingerprint density at radius 2 is 2.29 bits per heavy atom. The number of fused-ring (bicyclic) bond motifs is 1. The van der Waals surface area contributed by atoms with E-state index in [9.17, 15) is 0 Å². The summed E-state index contributed by atoms with van der Waals surface area (Å²) in [6.45, 7) is 5.80. The molecule has 2 aromatic rings. The van der Waals surface area contributed by atoms with Crippen molar-refractivity contribution in [2.45, 2.75) is 26.4 Å². The lowest BCUT2D eigenvalue weighted by molar-refractivity contribution is 0.639. The fourth-order valence-corrected chi connectivity index (χ4v) is 2.12. The van der Waals surface area contributed by atoms with E-state index in [2.05, 4.69) is 32.1 Å². The summed E-state index contributed by atoms with van der Waals surface area (Å²) >= 11 is 0. The highest BCUT2D eigenvalue weighted by Gasteiger charge is 2.17. The summed E-state index contributed by atoms with van der Waals surface area (Å²) in [6.07, 6.45) is 2.91. The van der Waals surface area contributed by atoms with E-state index < -0.39 is 0 Å². The predicted octanol–water partition coefficient (Wildman–Crippen LogP) is 0.307. The number of rotatable bonds is 2. The molecule has 0 atom stereocenters. The van der Waals surface area contributed by atoms with Gasteiger partial charge in [0, 0.05) is 38.8 Å². The Balaban J connectivity index is 2.00. The van der Waals surface area contributed by atoms with E-state index in [0.29, 0.717) is 0 Å². The molecule has 3 rings (SSSR count). The molecular weight excluding hydrogens is 216 g/mol. The lowest BCUT2D eigenvalue weighted by Gasteiger charge is -2.04. The van der Waals surface area contributed by atoms with Crippen molar-refractivity contribution in [2.75, 3.05) is 13.1 Å². The van der Waals surface area contributed by atoms with Crippen LogP contribution in [0.5, 0.6) is 0 Å². The molecule has 6 heteroatoms. The summed E-state index contributed by atoms with van der Waals surface area (Å²) in [4.78, 5) is 0. The van der Waals surface area contributed by atoms with Gasteiger partial charge in [-0.25, -0.2) is 0 Å². The quantitative estimate of drug-likeness (QED) is 0.809. The molecule has 0 aromatic carbocycles. The number of hydrogen-bond acceptors (Lipinski definition) is 4. The third-order valence-corrected chi connectivity index (χ3v) is 3.06. The van der Waals surface area contributed by atoms with Gasteiger partial charge < -0.3 is 9.88 Å². The summed E-state index contributed by atoms with van der Waals surface area (Å²) in [6, 6.07) is 2.00. The third-order valence-electron chi connectivity index (χ3n) is 3.06. The first-order chi connectivity index (χ1) is 8.38. The van der Waals surface area contributed by atoms with Crippen LogP contribution in [0.1, 0.15) is 12.7 Å². The lowest BCUT2D eigenvalue weighted by Crippen LogP contribution is -2.17. The molecule has 0 fully saturated rings. The van der Waals surface area contributed by atoms with Crippen LogP contribution in [0, 0.1) is 0 Å². The summed E-state index contributed by atoms with van der Waals surface area (Å²) < 4.78 is 4.08. The molecule has 0 unspecified atom stereocenters. The Hall–Kier alpha value is -1.69. The van der Waals surface area contributed by atoms with Gasteiger partial charge in [0.1, 0.15) is 11.5 Å². The average molecular weight is 232 g/mol. The summed E-state index contributed by atoms with van der Waals surface area (Å²) in [7, 11) is 0. The molecule has 0 radical (unpaired) electrons. The zero-order chi connectivity index (χ0) is 11.7. The van der Waals surface area contributed by atoms with Gasteiger partial charge in [-0.05, 0) is 13.0 Å². The fraction of sp³-hybridized carbons (Fsp3) is 0.545. The second kappa shape index (κ2) is 4.29. The molecule has 0 spiro atoms. The van der Waals surface area contributed by atoms with Gasteiger partial charge in [0.25, 0.3) is 0 Å². The van der Waals surface area contributed by atoms with Gasteiger partial charge in [0.2, 0.25) is 0 Å². The highest BCUT2D eigenvalue weighted by molar-refractivity contribution is 5.48. The van der Waals surface area contributed by atoms with Gasteiger partial charge in [-0.15, -0.1) is 10.2 Å². The summed E-state index contributed by atoms with van der Waals surface area (Å²) in [5.41, 5.74) is 0.910. The molecule has 3 heterocycles. The van der Waals surface area contributed by atoms with Crippen molar-refractivity contribution in [3.05, 3.63) is 18.1 Å². The Kier molecular flexibility index (Phi) is 2.64. The molecule has 0 saturated heterocycles. The van der Waals surface area contributed by atoms with Gasteiger partial charge >= 0.3 is 0 Å². The van der Waals surface area contributed by atoms with Gasteiger partial charge in [-0.1, -0.05) is 0 Å². The molecule has 1 aliphatic rings. The van der Waals surface area contributed by atoms with E-state index in [1.54, 1.807) is 0 Å². The average Bonchev–Trinajstić information content (AvgIpc) is 2.90. The van der Waals surface area contributed by atoms with Crippen LogP contribution >= 0.6 is 0 Å². The fourth-order valence-electron chi connectivity index (χ4n) is 2.12. The minimum atomic E-state index is 0.878. The molecular formula is C11H16N6. The molecule has 2 aromatic heterocycles. The summed E-state index contributed by atoms with van der Waals surface area (Å²) in [5.74, 6) is 1.94. The molecule has 0 amide bonds. The van der Waals surface area contributed by atoms with E-state index in [4.69, 9.17) is 0 Å². The second-order valence-corrected chi connectivity index (χ2v) is 4.15. The number of aryl methyl sites for hydroxylation is 1. The topological polar surface area (TPSA) is 60.6 Å². The first-order valence-corrected chi connectivity index (χ1v) is 6.05. The van der Waals surface area contributed by atoms with E-state index in [-0.39, 0.29) is 0 Å². The smallest absolute Gasteiger partial charge is 0.184 e. The Morgan fingerprint density at radius 1 is 1.35 bits per heavy atom. The van der Waals surface area contributed by atoms with Crippen LogP contribution in [0.2, 0.25) is 0 Å². The van der Waals surface area contributed by atoms with Gasteiger partial charge in [0.05, 0.1) is 0 Å². The Bertz CT molecular complexity index is 512. The SMILES string of the molecule is CCn1ccc(-c2nnc3n2CCNCC3)n1. The summed E-state index contributed by atoms with van der Waals surface area (Å²) in [5, 5.41) is 16.4. The van der Waals surface area contributed by atoms with Crippen LogP contribution in [-0.2, 0) is 19.5 Å². The molecule has 1 aliphatic heterocycles. The number of hydrogen-bond donors (Lipinski definition) is 1. The second-order valence-electron chi connectivity index (χ2n) is 4.15. The Labute approximate surface area is 99.7 Å². The molecule has 6 nitrogen and oxygen atoms in total. The zero-order valence-corrected chi connectivity index (χ0v) is 9.93. The monoisotopic (exact) mass is 232 g/mol. The van der Waals surface area contributed by atoms with Crippen molar-refractivity contribution in [3.8, 4) is 11.5 Å². The number of nitrogens with zero attached hydrogens (tertiary/aromatic N) is 5. The van der Waals surface area contributed by atoms with Crippen LogP contribution in [0.15, 0.2) is 12.3 Å². The lowest BCUT2D eigenvalue weighted by atomic mass is 10.4. The highest BCUT2D eigenvalue weighted by atomic mass is 15.3. The van der Waals surface area contributed by atoms with E-state index in [1.807, 2.05) is 16.9 Å². The zero-order valence-electron chi connectivity index (χ0n) is 9.93. The van der Waals surface area contributed by atoms with Crippen molar-refractivity contribution in [1.29, 1.82) is 0 Å². The maximum absolute atomic E-state index is 4.48. The molecule has 1 N–H and O–H groups in total. The normalized spacial score (nSPS) is 15.6. The van der Waals surface area contributed by atoms with Crippen LogP contribution in [0.4, 0.5) is 0 Å². The van der Waals surface area contributed by atoms with E-state index in [0.717, 1.165) is 49.9 Å². The van der Waals surface area contributed by atoms with Crippen molar-refractivity contribution < 1.29 is 0 Å². The van der Waals surface area contributed by atoms with Crippen LogP contribution in [0.3, 0.4) is 0 Å². The largest absolute Gasteiger partial charge is 0.315 e. The van der Waals surface area contributed by atoms with Gasteiger partial charge in [-0.3, -0.25) is 4.68 Å². The maximum atomic E-state index is 4.48. The first-order valence-electron chi connectivity index (χ1n) is 6.05. The maximum Gasteiger partial charge on any atom is 0.184 e. The van der Waals surface area contributed by atoms with Crippen LogP contribution in [-0.4, -0.2) is 37.6 Å². The van der Waals surface area contributed by atoms with Gasteiger partial charge in [-0.2, -0.15) is 5.10 Å². The van der Waals surface area contributed by atoms with Crippen molar-refractivity contribution >= 4 is 0 Å².